The maximum atomic E-state index is 12.3. The molecular weight excluding hydrogens is 268 g/mol. The van der Waals surface area contributed by atoms with Gasteiger partial charge in [0.15, 0.2) is 5.11 Å². The molecule has 0 aromatic heterocycles. The first-order valence-electron chi connectivity index (χ1n) is 6.00. The maximum Gasteiger partial charge on any atom is 0.256 e. The fourth-order valence-corrected chi connectivity index (χ4v) is 3.17. The normalized spacial score (nSPS) is 22.9. The Bertz CT molecular complexity index is 524. The molecule has 0 radical (unpaired) electrons. The number of anilines is 1. The molecule has 1 aromatic carbocycles. The first-order valence-corrected chi connectivity index (χ1v) is 6.79. The summed E-state index contributed by atoms with van der Waals surface area (Å²) in [6, 6.07) is 5.56. The topological polar surface area (TPSA) is 23.6 Å². The van der Waals surface area contributed by atoms with Crippen molar-refractivity contribution in [1.29, 1.82) is 0 Å². The Morgan fingerprint density at radius 2 is 2.22 bits per heavy atom. The zero-order valence-corrected chi connectivity index (χ0v) is 11.6. The quantitative estimate of drug-likeness (QED) is 0.739. The van der Waals surface area contributed by atoms with Crippen molar-refractivity contribution < 1.29 is 4.79 Å². The third-order valence-corrected chi connectivity index (χ3v) is 4.43. The number of nitrogens with zero attached hydrogens (tertiary/aromatic N) is 2. The van der Waals surface area contributed by atoms with E-state index in [0.717, 1.165) is 30.6 Å². The first kappa shape index (κ1) is 11.9. The van der Waals surface area contributed by atoms with Crippen LogP contribution >= 0.6 is 23.8 Å². The lowest BCUT2D eigenvalue weighted by molar-refractivity contribution is -0.119. The molecule has 0 unspecified atom stereocenters. The number of rotatable bonds is 1. The van der Waals surface area contributed by atoms with Crippen molar-refractivity contribution in [3.05, 3.63) is 28.8 Å². The molecule has 5 heteroatoms. The minimum Gasteiger partial charge on any atom is -0.336 e. The van der Waals surface area contributed by atoms with Crippen LogP contribution in [0.2, 0.25) is 5.02 Å². The zero-order valence-electron chi connectivity index (χ0n) is 10.0. The smallest absolute Gasteiger partial charge is 0.256 e. The van der Waals surface area contributed by atoms with Gasteiger partial charge in [-0.15, -0.1) is 0 Å². The Kier molecular flexibility index (Phi) is 2.79. The van der Waals surface area contributed by atoms with Crippen LogP contribution in [0.15, 0.2) is 18.2 Å². The molecule has 1 amide bonds. The van der Waals surface area contributed by atoms with Gasteiger partial charge in [0.05, 0.1) is 5.69 Å². The van der Waals surface area contributed by atoms with E-state index in [1.54, 1.807) is 4.90 Å². The van der Waals surface area contributed by atoms with Gasteiger partial charge in [-0.25, -0.2) is 0 Å². The lowest BCUT2D eigenvalue weighted by Gasteiger charge is -2.19. The van der Waals surface area contributed by atoms with Crippen LogP contribution in [-0.4, -0.2) is 28.5 Å². The number of benzene rings is 1. The van der Waals surface area contributed by atoms with Crippen molar-refractivity contribution in [2.45, 2.75) is 25.8 Å². The van der Waals surface area contributed by atoms with Gasteiger partial charge in [-0.05, 0) is 49.7 Å². The Hall–Kier alpha value is -1.13. The third-order valence-electron chi connectivity index (χ3n) is 3.61. The Morgan fingerprint density at radius 1 is 1.44 bits per heavy atom. The van der Waals surface area contributed by atoms with Crippen LogP contribution in [0.5, 0.6) is 0 Å². The molecule has 3 nitrogen and oxygen atoms in total. The maximum absolute atomic E-state index is 12.3. The lowest BCUT2D eigenvalue weighted by atomic mass is 10.2. The van der Waals surface area contributed by atoms with Gasteiger partial charge < -0.3 is 4.90 Å². The summed E-state index contributed by atoms with van der Waals surface area (Å²) in [5, 5.41) is 1.28. The number of fused-ring (bicyclic) bond motifs is 1. The highest BCUT2D eigenvalue weighted by Gasteiger charge is 2.45. The van der Waals surface area contributed by atoms with Crippen LogP contribution in [0, 0.1) is 6.92 Å². The summed E-state index contributed by atoms with van der Waals surface area (Å²) >= 11 is 11.5. The first-order chi connectivity index (χ1) is 8.59. The Morgan fingerprint density at radius 3 is 2.89 bits per heavy atom. The van der Waals surface area contributed by atoms with Gasteiger partial charge >= 0.3 is 0 Å². The second kappa shape index (κ2) is 4.21. The summed E-state index contributed by atoms with van der Waals surface area (Å²) < 4.78 is 0. The fraction of sp³-hybridized carbons (Fsp3) is 0.385. The molecule has 0 bridgehead atoms. The molecule has 2 fully saturated rings. The third kappa shape index (κ3) is 1.63. The SMILES string of the molecule is Cc1ccc(N2C(=O)[C@@H]3CCCN3C2=S)cc1Cl. The number of amides is 1. The molecule has 1 aromatic rings. The number of hydrogen-bond acceptors (Lipinski definition) is 2. The number of aryl methyl sites for hydroxylation is 1. The van der Waals surface area contributed by atoms with Gasteiger partial charge in [0.2, 0.25) is 0 Å². The average Bonchev–Trinajstić information content (AvgIpc) is 2.89. The van der Waals surface area contributed by atoms with Crippen molar-refractivity contribution >= 4 is 40.5 Å². The molecular formula is C13H13ClN2OS. The monoisotopic (exact) mass is 280 g/mol. The van der Waals surface area contributed by atoms with Gasteiger partial charge in [0, 0.05) is 11.6 Å². The van der Waals surface area contributed by atoms with Crippen LogP contribution in [0.25, 0.3) is 0 Å². The van der Waals surface area contributed by atoms with E-state index >= 15 is 0 Å². The van der Waals surface area contributed by atoms with Crippen LogP contribution in [0.3, 0.4) is 0 Å². The van der Waals surface area contributed by atoms with Gasteiger partial charge in [-0.3, -0.25) is 9.69 Å². The van der Waals surface area contributed by atoms with Gasteiger partial charge in [0.25, 0.3) is 5.91 Å². The minimum atomic E-state index is -0.0578. The predicted octanol–water partition coefficient (Wildman–Crippen LogP) is 2.74. The highest BCUT2D eigenvalue weighted by molar-refractivity contribution is 7.80. The van der Waals surface area contributed by atoms with E-state index in [-0.39, 0.29) is 11.9 Å². The van der Waals surface area contributed by atoms with E-state index in [1.807, 2.05) is 30.0 Å². The van der Waals surface area contributed by atoms with E-state index in [9.17, 15) is 4.79 Å². The summed E-state index contributed by atoms with van der Waals surface area (Å²) in [4.78, 5) is 16.0. The van der Waals surface area contributed by atoms with E-state index in [4.69, 9.17) is 23.8 Å². The number of hydrogen-bond donors (Lipinski definition) is 0. The van der Waals surface area contributed by atoms with E-state index in [2.05, 4.69) is 0 Å². The van der Waals surface area contributed by atoms with Crippen LogP contribution < -0.4 is 4.90 Å². The molecule has 2 aliphatic heterocycles. The molecule has 94 valence electrons. The summed E-state index contributed by atoms with van der Waals surface area (Å²) in [5.74, 6) is 0.0809. The molecule has 3 rings (SSSR count). The summed E-state index contributed by atoms with van der Waals surface area (Å²) in [5.41, 5.74) is 1.77. The fourth-order valence-electron chi connectivity index (χ4n) is 2.58. The number of carbonyl (C=O) groups is 1. The molecule has 0 spiro atoms. The van der Waals surface area contributed by atoms with Gasteiger partial charge in [0.1, 0.15) is 6.04 Å². The van der Waals surface area contributed by atoms with Crippen molar-refractivity contribution in [2.24, 2.45) is 0 Å². The van der Waals surface area contributed by atoms with Gasteiger partial charge in [-0.1, -0.05) is 17.7 Å². The van der Waals surface area contributed by atoms with E-state index < -0.39 is 0 Å². The van der Waals surface area contributed by atoms with Crippen molar-refractivity contribution in [3.8, 4) is 0 Å². The molecule has 2 heterocycles. The second-order valence-electron chi connectivity index (χ2n) is 4.74. The summed E-state index contributed by atoms with van der Waals surface area (Å²) in [6.45, 7) is 2.82. The molecule has 18 heavy (non-hydrogen) atoms. The van der Waals surface area contributed by atoms with Crippen LogP contribution in [0.4, 0.5) is 5.69 Å². The predicted molar refractivity (Wildman–Crippen MR) is 76.0 cm³/mol. The number of thiocarbonyl (C=S) groups is 1. The number of halogens is 1. The molecule has 1 atom stereocenters. The zero-order chi connectivity index (χ0) is 12.9. The summed E-state index contributed by atoms with van der Waals surface area (Å²) in [7, 11) is 0. The Labute approximate surface area is 116 Å². The number of carbonyl (C=O) groups excluding carboxylic acids is 1. The molecule has 2 saturated heterocycles. The highest BCUT2D eigenvalue weighted by Crippen LogP contribution is 2.33. The van der Waals surface area contributed by atoms with Crippen LogP contribution in [0.1, 0.15) is 18.4 Å². The van der Waals surface area contributed by atoms with Crippen molar-refractivity contribution in [2.75, 3.05) is 11.4 Å². The minimum absolute atomic E-state index is 0.0578. The van der Waals surface area contributed by atoms with Gasteiger partial charge in [-0.2, -0.15) is 0 Å². The molecule has 2 aliphatic rings. The van der Waals surface area contributed by atoms with E-state index in [1.165, 1.54) is 0 Å². The molecule has 0 N–H and O–H groups in total. The molecule has 0 saturated carbocycles. The standard InChI is InChI=1S/C13H13ClN2OS/c1-8-4-5-9(7-10(8)14)16-12(17)11-3-2-6-15(11)13(16)18/h4-5,7,11H,2-3,6H2,1H3/t11-/m0/s1. The summed E-state index contributed by atoms with van der Waals surface area (Å²) in [6.07, 6.45) is 1.94. The van der Waals surface area contributed by atoms with Crippen molar-refractivity contribution in [1.82, 2.24) is 4.90 Å². The van der Waals surface area contributed by atoms with Crippen LogP contribution in [-0.2, 0) is 4.79 Å². The Balaban J connectivity index is 1.99. The second-order valence-corrected chi connectivity index (χ2v) is 5.51. The largest absolute Gasteiger partial charge is 0.336 e. The molecule has 0 aliphatic carbocycles. The highest BCUT2D eigenvalue weighted by atomic mass is 35.5. The van der Waals surface area contributed by atoms with Crippen molar-refractivity contribution in [3.63, 3.8) is 0 Å². The average molecular weight is 281 g/mol. The van der Waals surface area contributed by atoms with E-state index in [0.29, 0.717) is 10.1 Å². The lowest BCUT2D eigenvalue weighted by Crippen LogP contribution is -2.32.